The van der Waals surface area contributed by atoms with Gasteiger partial charge >= 0.3 is 0 Å². The molecule has 3 aromatic rings. The van der Waals surface area contributed by atoms with Crippen LogP contribution in [-0.4, -0.2) is 59.4 Å². The largest absolute Gasteiger partial charge is 0.381 e. The first-order valence-corrected chi connectivity index (χ1v) is 12.6. The molecule has 2 aromatic heterocycles. The van der Waals surface area contributed by atoms with Crippen LogP contribution in [-0.2, 0) is 10.3 Å². The third-order valence-corrected chi connectivity index (χ3v) is 7.53. The lowest BCUT2D eigenvalue weighted by Gasteiger charge is -2.48. The van der Waals surface area contributed by atoms with Crippen molar-refractivity contribution in [1.29, 1.82) is 0 Å². The predicted octanol–water partition coefficient (Wildman–Crippen LogP) is 3.34. The number of tetrazole rings is 1. The van der Waals surface area contributed by atoms with E-state index in [0.29, 0.717) is 17.2 Å². The van der Waals surface area contributed by atoms with E-state index in [1.165, 1.54) is 31.4 Å². The van der Waals surface area contributed by atoms with Crippen LogP contribution in [0.1, 0.15) is 76.9 Å². The zero-order valence-corrected chi connectivity index (χ0v) is 21.0. The van der Waals surface area contributed by atoms with Crippen LogP contribution in [0.2, 0.25) is 0 Å². The molecule has 0 amide bonds. The van der Waals surface area contributed by atoms with Crippen molar-refractivity contribution in [3.05, 3.63) is 52.1 Å². The average Bonchev–Trinajstić information content (AvgIpc) is 3.55. The zero-order valence-electron chi connectivity index (χ0n) is 21.0. The lowest BCUT2D eigenvalue weighted by atomic mass is 9.65. The normalized spacial score (nSPS) is 20.9. The Hall–Kier alpha value is -3.25. The summed E-state index contributed by atoms with van der Waals surface area (Å²) in [6.45, 7) is 7.78. The molecule has 1 saturated carbocycles. The highest BCUT2D eigenvalue weighted by Gasteiger charge is 2.44. The summed E-state index contributed by atoms with van der Waals surface area (Å²) in [5.74, 6) is 0.686. The number of nitro groups is 1. The number of nitrogens with zero attached hydrogens (tertiary/aromatic N) is 8. The highest BCUT2D eigenvalue weighted by atomic mass is 16.6. The van der Waals surface area contributed by atoms with Crippen LogP contribution in [0.4, 0.5) is 5.69 Å². The van der Waals surface area contributed by atoms with Gasteiger partial charge < -0.3 is 4.74 Å². The molecule has 1 spiro atoms. The Bertz CT molecular complexity index is 1180. The number of aromatic nitrogens is 7. The summed E-state index contributed by atoms with van der Waals surface area (Å²) < 4.78 is 9.19. The van der Waals surface area contributed by atoms with Crippen LogP contribution in [0.15, 0.2) is 30.5 Å². The lowest BCUT2D eigenvalue weighted by Crippen LogP contribution is -2.52. The summed E-state index contributed by atoms with van der Waals surface area (Å²) in [4.78, 5) is 10.6. The van der Waals surface area contributed by atoms with Crippen LogP contribution in [0.5, 0.6) is 0 Å². The van der Waals surface area contributed by atoms with Crippen molar-refractivity contribution >= 4 is 5.69 Å². The van der Waals surface area contributed by atoms with Gasteiger partial charge in [0.2, 0.25) is 0 Å². The van der Waals surface area contributed by atoms with Gasteiger partial charge in [-0.2, -0.15) is 0 Å². The van der Waals surface area contributed by atoms with Gasteiger partial charge in [-0.3, -0.25) is 15.4 Å². The molecule has 2 atom stereocenters. The first kappa shape index (κ1) is 24.4. The molecule has 2 fully saturated rings. The maximum Gasteiger partial charge on any atom is 0.269 e. The fourth-order valence-corrected chi connectivity index (χ4v) is 5.55. The number of hydrogen-bond acceptors (Lipinski definition) is 9. The van der Waals surface area contributed by atoms with Gasteiger partial charge in [0, 0.05) is 31.4 Å². The minimum absolute atomic E-state index is 0.0297. The second-order valence-electron chi connectivity index (χ2n) is 10.9. The molecule has 12 nitrogen and oxygen atoms in total. The fourth-order valence-electron chi connectivity index (χ4n) is 5.55. The van der Waals surface area contributed by atoms with Crippen LogP contribution in [0.25, 0.3) is 5.69 Å². The molecule has 1 aliphatic heterocycles. The summed E-state index contributed by atoms with van der Waals surface area (Å²) in [5, 5.41) is 36.5. The molecule has 3 heterocycles. The van der Waals surface area contributed by atoms with E-state index in [1.807, 2.05) is 10.9 Å². The molecule has 12 heteroatoms. The Morgan fingerprint density at radius 3 is 2.56 bits per heavy atom. The smallest absolute Gasteiger partial charge is 0.269 e. The van der Waals surface area contributed by atoms with E-state index in [-0.39, 0.29) is 28.7 Å². The first-order chi connectivity index (χ1) is 17.3. The molecule has 1 aromatic carbocycles. The standard InChI is InChI=1S/C24H33N9O3/c1-23(2,3)32-22(27-28-30-32)21(25-20-6-4-5-11-24(20)12-14-36-15-13-24)19-16-31(29-26-19)17-7-9-18(10-8-17)33(34)35/h7-10,16,20-21,25H,4-6,11-15H2,1-3H3. The van der Waals surface area contributed by atoms with E-state index in [1.54, 1.807) is 16.8 Å². The van der Waals surface area contributed by atoms with E-state index in [4.69, 9.17) is 4.74 Å². The lowest BCUT2D eigenvalue weighted by molar-refractivity contribution is -0.384. The number of ether oxygens (including phenoxy) is 1. The monoisotopic (exact) mass is 495 g/mol. The topological polar surface area (TPSA) is 139 Å². The maximum absolute atomic E-state index is 11.0. The molecule has 36 heavy (non-hydrogen) atoms. The van der Waals surface area contributed by atoms with Crippen LogP contribution < -0.4 is 5.32 Å². The van der Waals surface area contributed by atoms with Gasteiger partial charge in [0.25, 0.3) is 5.69 Å². The molecular weight excluding hydrogens is 462 g/mol. The van der Waals surface area contributed by atoms with E-state index >= 15 is 0 Å². The van der Waals surface area contributed by atoms with E-state index in [0.717, 1.165) is 32.5 Å². The van der Waals surface area contributed by atoms with Gasteiger partial charge in [-0.15, -0.1) is 10.2 Å². The number of rotatable bonds is 6. The molecule has 1 saturated heterocycles. The van der Waals surface area contributed by atoms with Crippen molar-refractivity contribution in [3.8, 4) is 5.69 Å². The highest BCUT2D eigenvalue weighted by Crippen LogP contribution is 2.45. The molecule has 1 N–H and O–H groups in total. The quantitative estimate of drug-likeness (QED) is 0.403. The SMILES string of the molecule is CC(C)(C)n1nnnc1C(NC1CCCCC12CCOCC2)c1cn(-c2ccc([N+](=O)[O-])cc2)nn1. The first-order valence-electron chi connectivity index (χ1n) is 12.6. The third-order valence-electron chi connectivity index (χ3n) is 7.53. The predicted molar refractivity (Wildman–Crippen MR) is 131 cm³/mol. The van der Waals surface area contributed by atoms with E-state index < -0.39 is 4.92 Å². The van der Waals surface area contributed by atoms with Gasteiger partial charge in [0.15, 0.2) is 5.82 Å². The summed E-state index contributed by atoms with van der Waals surface area (Å²) in [6, 6.07) is 6.16. The molecule has 0 bridgehead atoms. The molecule has 192 valence electrons. The van der Waals surface area contributed by atoms with Gasteiger partial charge in [-0.1, -0.05) is 18.1 Å². The van der Waals surface area contributed by atoms with Crippen molar-refractivity contribution in [2.45, 2.75) is 76.9 Å². The molecule has 2 unspecified atom stereocenters. The number of hydrogen-bond donors (Lipinski definition) is 1. The number of benzene rings is 1. The minimum Gasteiger partial charge on any atom is -0.381 e. The molecule has 1 aliphatic carbocycles. The summed E-state index contributed by atoms with van der Waals surface area (Å²) in [7, 11) is 0. The third kappa shape index (κ3) is 4.74. The van der Waals surface area contributed by atoms with Crippen molar-refractivity contribution < 1.29 is 9.66 Å². The van der Waals surface area contributed by atoms with Crippen molar-refractivity contribution in [2.75, 3.05) is 13.2 Å². The van der Waals surface area contributed by atoms with Crippen molar-refractivity contribution in [1.82, 2.24) is 40.5 Å². The Morgan fingerprint density at radius 2 is 1.86 bits per heavy atom. The van der Waals surface area contributed by atoms with Gasteiger partial charge in [0.1, 0.15) is 11.7 Å². The summed E-state index contributed by atoms with van der Waals surface area (Å²) >= 11 is 0. The van der Waals surface area contributed by atoms with Crippen LogP contribution in [0.3, 0.4) is 0 Å². The van der Waals surface area contributed by atoms with Crippen LogP contribution >= 0.6 is 0 Å². The maximum atomic E-state index is 11.0. The van der Waals surface area contributed by atoms with Gasteiger partial charge in [0.05, 0.1) is 22.3 Å². The second-order valence-corrected chi connectivity index (χ2v) is 10.9. The van der Waals surface area contributed by atoms with Gasteiger partial charge in [-0.25, -0.2) is 9.36 Å². The average molecular weight is 496 g/mol. The second kappa shape index (κ2) is 9.66. The fraction of sp³-hybridized carbons (Fsp3) is 0.625. The highest BCUT2D eigenvalue weighted by molar-refractivity contribution is 5.40. The Labute approximate surface area is 209 Å². The summed E-state index contributed by atoms with van der Waals surface area (Å²) in [6.07, 6.45) is 8.59. The zero-order chi connectivity index (χ0) is 25.3. The minimum atomic E-state index is -0.418. The van der Waals surface area contributed by atoms with E-state index in [2.05, 4.69) is 51.9 Å². The Kier molecular flexibility index (Phi) is 6.56. The molecule has 5 rings (SSSR count). The number of nitro benzene ring substituents is 1. The Balaban J connectivity index is 1.51. The van der Waals surface area contributed by atoms with E-state index in [9.17, 15) is 10.1 Å². The molecular formula is C24H33N9O3. The van der Waals surface area contributed by atoms with Crippen LogP contribution in [0, 0.1) is 15.5 Å². The Morgan fingerprint density at radius 1 is 1.11 bits per heavy atom. The summed E-state index contributed by atoms with van der Waals surface area (Å²) in [5.41, 5.74) is 1.27. The molecule has 2 aliphatic rings. The van der Waals surface area contributed by atoms with Crippen molar-refractivity contribution in [3.63, 3.8) is 0 Å². The number of nitrogens with one attached hydrogen (secondary N) is 1. The molecule has 0 radical (unpaired) electrons. The van der Waals surface area contributed by atoms with Crippen molar-refractivity contribution in [2.24, 2.45) is 5.41 Å². The van der Waals surface area contributed by atoms with Gasteiger partial charge in [-0.05, 0) is 74.4 Å². The number of non-ortho nitro benzene ring substituents is 1.